The molecule has 0 aliphatic carbocycles. The van der Waals surface area contributed by atoms with Gasteiger partial charge in [-0.05, 0) is 32.1 Å². The second-order valence-corrected chi connectivity index (χ2v) is 4.28. The van der Waals surface area contributed by atoms with Crippen LogP contribution in [0.25, 0.3) is 0 Å². The summed E-state index contributed by atoms with van der Waals surface area (Å²) < 4.78 is 11.0. The van der Waals surface area contributed by atoms with Gasteiger partial charge in [-0.3, -0.25) is 0 Å². The largest absolute Gasteiger partial charge is 0.381 e. The quantitative estimate of drug-likeness (QED) is 0.743. The average Bonchev–Trinajstić information content (AvgIpc) is 2.58. The molecule has 0 radical (unpaired) electrons. The molecule has 2 atom stereocenters. The summed E-state index contributed by atoms with van der Waals surface area (Å²) in [4.78, 5) is 0. The summed E-state index contributed by atoms with van der Waals surface area (Å²) in [5.41, 5.74) is 0. The molecule has 82 valence electrons. The van der Waals surface area contributed by atoms with Crippen molar-refractivity contribution in [3.63, 3.8) is 0 Å². The first-order valence-electron chi connectivity index (χ1n) is 5.88. The van der Waals surface area contributed by atoms with E-state index in [9.17, 15) is 0 Å². The maximum Gasteiger partial charge on any atom is 0.0700 e. The number of rotatable bonds is 3. The van der Waals surface area contributed by atoms with Gasteiger partial charge in [-0.1, -0.05) is 0 Å². The fourth-order valence-corrected chi connectivity index (χ4v) is 2.21. The van der Waals surface area contributed by atoms with Gasteiger partial charge in [0.1, 0.15) is 0 Å². The summed E-state index contributed by atoms with van der Waals surface area (Å²) in [5, 5.41) is 3.60. The molecule has 0 aromatic carbocycles. The van der Waals surface area contributed by atoms with Gasteiger partial charge in [-0.25, -0.2) is 0 Å². The van der Waals surface area contributed by atoms with E-state index in [1.54, 1.807) is 0 Å². The molecule has 0 aromatic heterocycles. The first kappa shape index (κ1) is 10.4. The van der Waals surface area contributed by atoms with Crippen molar-refractivity contribution in [1.29, 1.82) is 0 Å². The fraction of sp³-hybridized carbons (Fsp3) is 1.00. The Morgan fingerprint density at radius 3 is 2.79 bits per heavy atom. The average molecular weight is 199 g/mol. The first-order valence-corrected chi connectivity index (χ1v) is 5.88. The van der Waals surface area contributed by atoms with Crippen LogP contribution in [0.2, 0.25) is 0 Å². The molecule has 2 heterocycles. The number of ether oxygens (including phenoxy) is 2. The van der Waals surface area contributed by atoms with E-state index >= 15 is 0 Å². The summed E-state index contributed by atoms with van der Waals surface area (Å²) >= 11 is 0. The minimum atomic E-state index is 0.471. The van der Waals surface area contributed by atoms with Crippen molar-refractivity contribution in [2.45, 2.75) is 44.2 Å². The zero-order valence-electron chi connectivity index (χ0n) is 8.84. The SMILES string of the molecule is C1COCCC(NCC2CCCO2)C1. The lowest BCUT2D eigenvalue weighted by Crippen LogP contribution is -2.35. The Bertz CT molecular complexity index is 149. The van der Waals surface area contributed by atoms with Gasteiger partial charge < -0.3 is 14.8 Å². The maximum atomic E-state index is 5.58. The molecule has 2 unspecified atom stereocenters. The van der Waals surface area contributed by atoms with E-state index in [0.717, 1.165) is 32.8 Å². The molecular formula is C11H21NO2. The van der Waals surface area contributed by atoms with Gasteiger partial charge >= 0.3 is 0 Å². The van der Waals surface area contributed by atoms with Crippen LogP contribution in [0.15, 0.2) is 0 Å². The highest BCUT2D eigenvalue weighted by Crippen LogP contribution is 2.13. The highest BCUT2D eigenvalue weighted by atomic mass is 16.5. The molecule has 0 spiro atoms. The van der Waals surface area contributed by atoms with Gasteiger partial charge in [-0.15, -0.1) is 0 Å². The second-order valence-electron chi connectivity index (χ2n) is 4.28. The van der Waals surface area contributed by atoms with Crippen LogP contribution in [0.3, 0.4) is 0 Å². The lowest BCUT2D eigenvalue weighted by molar-refractivity contribution is 0.105. The first-order chi connectivity index (χ1) is 6.95. The summed E-state index contributed by atoms with van der Waals surface area (Å²) in [7, 11) is 0. The molecule has 2 aliphatic heterocycles. The Morgan fingerprint density at radius 1 is 1.00 bits per heavy atom. The predicted molar refractivity (Wildman–Crippen MR) is 55.4 cm³/mol. The third-order valence-corrected chi connectivity index (χ3v) is 3.11. The summed E-state index contributed by atoms with van der Waals surface area (Å²) in [6, 6.07) is 0.654. The molecule has 2 saturated heterocycles. The smallest absolute Gasteiger partial charge is 0.0700 e. The molecule has 3 nitrogen and oxygen atoms in total. The summed E-state index contributed by atoms with van der Waals surface area (Å²) in [6.45, 7) is 3.85. The van der Waals surface area contributed by atoms with Crippen molar-refractivity contribution >= 4 is 0 Å². The van der Waals surface area contributed by atoms with Crippen molar-refractivity contribution in [2.24, 2.45) is 0 Å². The molecule has 2 rings (SSSR count). The second kappa shape index (κ2) is 5.69. The summed E-state index contributed by atoms with van der Waals surface area (Å²) in [6.07, 6.45) is 6.55. The molecular weight excluding hydrogens is 178 g/mol. The maximum absolute atomic E-state index is 5.58. The molecule has 3 heteroatoms. The molecule has 1 N–H and O–H groups in total. The Morgan fingerprint density at radius 2 is 1.93 bits per heavy atom. The van der Waals surface area contributed by atoms with Crippen molar-refractivity contribution < 1.29 is 9.47 Å². The van der Waals surface area contributed by atoms with Gasteiger partial charge in [0.15, 0.2) is 0 Å². The van der Waals surface area contributed by atoms with Crippen molar-refractivity contribution in [3.05, 3.63) is 0 Å². The van der Waals surface area contributed by atoms with Crippen LogP contribution in [-0.2, 0) is 9.47 Å². The zero-order chi connectivity index (χ0) is 9.64. The topological polar surface area (TPSA) is 30.5 Å². The van der Waals surface area contributed by atoms with Crippen LogP contribution in [0.5, 0.6) is 0 Å². The third kappa shape index (κ3) is 3.23. The van der Waals surface area contributed by atoms with Gasteiger partial charge in [0.2, 0.25) is 0 Å². The summed E-state index contributed by atoms with van der Waals surface area (Å²) in [5.74, 6) is 0. The third-order valence-electron chi connectivity index (χ3n) is 3.11. The number of hydrogen-bond donors (Lipinski definition) is 1. The lowest BCUT2D eigenvalue weighted by Gasteiger charge is -2.18. The van der Waals surface area contributed by atoms with Crippen LogP contribution in [0.4, 0.5) is 0 Å². The van der Waals surface area contributed by atoms with Crippen LogP contribution < -0.4 is 5.32 Å². The molecule has 14 heavy (non-hydrogen) atoms. The van der Waals surface area contributed by atoms with Gasteiger partial charge in [-0.2, -0.15) is 0 Å². The van der Waals surface area contributed by atoms with Gasteiger partial charge in [0.25, 0.3) is 0 Å². The Balaban J connectivity index is 1.62. The predicted octanol–water partition coefficient (Wildman–Crippen LogP) is 1.32. The van der Waals surface area contributed by atoms with Crippen LogP contribution in [-0.4, -0.2) is 38.5 Å². The lowest BCUT2D eigenvalue weighted by atomic mass is 10.1. The zero-order valence-corrected chi connectivity index (χ0v) is 8.84. The standard InChI is InChI=1S/C11H21NO2/c1-3-10(5-8-13-6-1)12-9-11-4-2-7-14-11/h10-12H,1-9H2. The van der Waals surface area contributed by atoms with E-state index in [-0.39, 0.29) is 0 Å². The van der Waals surface area contributed by atoms with Gasteiger partial charge in [0, 0.05) is 32.4 Å². The normalized spacial score (nSPS) is 34.3. The number of nitrogens with one attached hydrogen (secondary N) is 1. The fourth-order valence-electron chi connectivity index (χ4n) is 2.21. The van der Waals surface area contributed by atoms with Crippen LogP contribution in [0, 0.1) is 0 Å². The molecule has 0 amide bonds. The van der Waals surface area contributed by atoms with Crippen LogP contribution in [0.1, 0.15) is 32.1 Å². The highest BCUT2D eigenvalue weighted by Gasteiger charge is 2.18. The van der Waals surface area contributed by atoms with Crippen molar-refractivity contribution in [1.82, 2.24) is 5.32 Å². The van der Waals surface area contributed by atoms with E-state index in [0.29, 0.717) is 12.1 Å². The number of hydrogen-bond acceptors (Lipinski definition) is 3. The monoisotopic (exact) mass is 199 g/mol. The van der Waals surface area contributed by atoms with Gasteiger partial charge in [0.05, 0.1) is 6.10 Å². The highest BCUT2D eigenvalue weighted by molar-refractivity contribution is 4.74. The Hall–Kier alpha value is -0.120. The molecule has 2 aliphatic rings. The van der Waals surface area contributed by atoms with Crippen LogP contribution >= 0.6 is 0 Å². The molecule has 0 aromatic rings. The molecule has 2 fully saturated rings. The van der Waals surface area contributed by atoms with Crippen molar-refractivity contribution in [3.8, 4) is 0 Å². The molecule has 0 saturated carbocycles. The van der Waals surface area contributed by atoms with E-state index in [2.05, 4.69) is 5.32 Å². The minimum Gasteiger partial charge on any atom is -0.381 e. The minimum absolute atomic E-state index is 0.471. The van der Waals surface area contributed by atoms with E-state index in [1.807, 2.05) is 0 Å². The Labute approximate surface area is 86.2 Å². The van der Waals surface area contributed by atoms with E-state index < -0.39 is 0 Å². The Kier molecular flexibility index (Phi) is 4.22. The molecule has 0 bridgehead atoms. The van der Waals surface area contributed by atoms with Crippen molar-refractivity contribution in [2.75, 3.05) is 26.4 Å². The van der Waals surface area contributed by atoms with E-state index in [4.69, 9.17) is 9.47 Å². The van der Waals surface area contributed by atoms with E-state index in [1.165, 1.54) is 25.7 Å².